The summed E-state index contributed by atoms with van der Waals surface area (Å²) in [6.07, 6.45) is 1.91. The molecule has 0 aliphatic rings. The number of carbonyl (C=O) groups excluding carboxylic acids is 1. The number of rotatable bonds is 2. The SMILES string of the molecule is Cn1cc(C(=O)c2ccc3ncsc3c2)c2ccccc21. The van der Waals surface area contributed by atoms with Crippen LogP contribution in [0.3, 0.4) is 0 Å². The van der Waals surface area contributed by atoms with Crippen LogP contribution in [0.4, 0.5) is 0 Å². The van der Waals surface area contributed by atoms with E-state index in [-0.39, 0.29) is 5.78 Å². The Kier molecular flexibility index (Phi) is 2.65. The molecule has 4 aromatic rings. The zero-order valence-corrected chi connectivity index (χ0v) is 12.2. The van der Waals surface area contributed by atoms with Crippen molar-refractivity contribution in [3.8, 4) is 0 Å². The van der Waals surface area contributed by atoms with Gasteiger partial charge in [-0.15, -0.1) is 11.3 Å². The quantitative estimate of drug-likeness (QED) is 0.523. The third kappa shape index (κ3) is 1.87. The van der Waals surface area contributed by atoms with Gasteiger partial charge in [0.05, 0.1) is 15.7 Å². The van der Waals surface area contributed by atoms with Crippen LogP contribution in [-0.2, 0) is 7.05 Å². The molecule has 2 heterocycles. The molecule has 4 rings (SSSR count). The lowest BCUT2D eigenvalue weighted by Crippen LogP contribution is -2.00. The Morgan fingerprint density at radius 1 is 1.19 bits per heavy atom. The molecule has 0 unspecified atom stereocenters. The zero-order chi connectivity index (χ0) is 14.4. The van der Waals surface area contributed by atoms with Crippen LogP contribution in [-0.4, -0.2) is 15.3 Å². The molecule has 0 saturated carbocycles. The monoisotopic (exact) mass is 292 g/mol. The summed E-state index contributed by atoms with van der Waals surface area (Å²) in [5, 5.41) is 0.995. The van der Waals surface area contributed by atoms with Gasteiger partial charge in [0.15, 0.2) is 5.78 Å². The summed E-state index contributed by atoms with van der Waals surface area (Å²) in [4.78, 5) is 17.1. The first kappa shape index (κ1) is 12.3. The number of fused-ring (bicyclic) bond motifs is 2. The fraction of sp³-hybridized carbons (Fsp3) is 0.0588. The Balaban J connectivity index is 1.89. The van der Waals surface area contributed by atoms with Gasteiger partial charge in [-0.2, -0.15) is 0 Å². The van der Waals surface area contributed by atoms with Crippen LogP contribution in [0.1, 0.15) is 15.9 Å². The van der Waals surface area contributed by atoms with E-state index >= 15 is 0 Å². The van der Waals surface area contributed by atoms with Gasteiger partial charge in [0.2, 0.25) is 0 Å². The molecular formula is C17H12N2OS. The number of hydrogen-bond donors (Lipinski definition) is 0. The lowest BCUT2D eigenvalue weighted by molar-refractivity contribution is 0.104. The molecule has 0 aliphatic heterocycles. The fourth-order valence-corrected chi connectivity index (χ4v) is 3.39. The van der Waals surface area contributed by atoms with E-state index in [1.54, 1.807) is 16.8 Å². The number of thiazole rings is 1. The highest BCUT2D eigenvalue weighted by atomic mass is 32.1. The molecule has 0 bridgehead atoms. The van der Waals surface area contributed by atoms with Gasteiger partial charge in [0.1, 0.15) is 0 Å². The lowest BCUT2D eigenvalue weighted by Gasteiger charge is -2.00. The van der Waals surface area contributed by atoms with Crippen LogP contribution < -0.4 is 0 Å². The molecule has 4 heteroatoms. The predicted octanol–water partition coefficient (Wildman–Crippen LogP) is 4.02. The number of ketones is 1. The maximum Gasteiger partial charge on any atom is 0.195 e. The molecule has 0 N–H and O–H groups in total. The number of aryl methyl sites for hydroxylation is 1. The van der Waals surface area contributed by atoms with E-state index in [1.165, 1.54) is 0 Å². The molecule has 0 fully saturated rings. The summed E-state index contributed by atoms with van der Waals surface area (Å²) in [7, 11) is 1.96. The van der Waals surface area contributed by atoms with E-state index in [4.69, 9.17) is 0 Å². The van der Waals surface area contributed by atoms with Crippen LogP contribution in [0, 0.1) is 0 Å². The standard InChI is InChI=1S/C17H12N2OS/c1-19-9-13(12-4-2-3-5-15(12)19)17(20)11-6-7-14-16(8-11)21-10-18-14/h2-10H,1H3. The maximum absolute atomic E-state index is 12.8. The number of aromatic nitrogens is 2. The molecule has 0 atom stereocenters. The summed E-state index contributed by atoms with van der Waals surface area (Å²) >= 11 is 1.55. The first-order chi connectivity index (χ1) is 10.2. The second kappa shape index (κ2) is 4.53. The highest BCUT2D eigenvalue weighted by molar-refractivity contribution is 7.16. The van der Waals surface area contributed by atoms with Gasteiger partial charge in [-0.05, 0) is 24.3 Å². The normalized spacial score (nSPS) is 11.3. The van der Waals surface area contributed by atoms with Crippen molar-refractivity contribution in [3.05, 3.63) is 65.3 Å². The Labute approximate surface area is 125 Å². The highest BCUT2D eigenvalue weighted by Crippen LogP contribution is 2.25. The summed E-state index contributed by atoms with van der Waals surface area (Å²) in [6.45, 7) is 0. The third-order valence-corrected chi connectivity index (χ3v) is 4.53. The maximum atomic E-state index is 12.8. The topological polar surface area (TPSA) is 34.9 Å². The molecular weight excluding hydrogens is 280 g/mol. The van der Waals surface area contributed by atoms with Crippen molar-refractivity contribution in [1.82, 2.24) is 9.55 Å². The Hall–Kier alpha value is -2.46. The molecule has 102 valence electrons. The highest BCUT2D eigenvalue weighted by Gasteiger charge is 2.16. The number of hydrogen-bond acceptors (Lipinski definition) is 3. The largest absolute Gasteiger partial charge is 0.350 e. The van der Waals surface area contributed by atoms with E-state index in [9.17, 15) is 4.79 Å². The van der Waals surface area contributed by atoms with Gasteiger partial charge in [0.25, 0.3) is 0 Å². The lowest BCUT2D eigenvalue weighted by atomic mass is 10.0. The van der Waals surface area contributed by atoms with Crippen LogP contribution >= 0.6 is 11.3 Å². The summed E-state index contributed by atoms with van der Waals surface area (Å²) in [5.41, 5.74) is 5.27. The van der Waals surface area contributed by atoms with Crippen molar-refractivity contribution in [3.63, 3.8) is 0 Å². The van der Waals surface area contributed by atoms with Gasteiger partial charge in [-0.25, -0.2) is 4.98 Å². The van der Waals surface area contributed by atoms with Gasteiger partial charge in [0, 0.05) is 35.3 Å². The van der Waals surface area contributed by atoms with E-state index in [0.717, 1.165) is 26.7 Å². The molecule has 0 amide bonds. The molecule has 0 saturated heterocycles. The number of carbonyl (C=O) groups is 1. The van der Waals surface area contributed by atoms with Crippen molar-refractivity contribution in [2.24, 2.45) is 7.05 Å². The third-order valence-electron chi connectivity index (χ3n) is 3.74. The van der Waals surface area contributed by atoms with Gasteiger partial charge < -0.3 is 4.57 Å². The first-order valence-electron chi connectivity index (χ1n) is 6.66. The van der Waals surface area contributed by atoms with Crippen LogP contribution in [0.25, 0.3) is 21.1 Å². The summed E-state index contributed by atoms with van der Waals surface area (Å²) < 4.78 is 3.04. The Bertz CT molecular complexity index is 981. The first-order valence-corrected chi connectivity index (χ1v) is 7.54. The molecule has 3 nitrogen and oxygen atoms in total. The van der Waals surface area contributed by atoms with Crippen molar-refractivity contribution in [2.45, 2.75) is 0 Å². The van der Waals surface area contributed by atoms with E-state index in [2.05, 4.69) is 4.98 Å². The summed E-state index contributed by atoms with van der Waals surface area (Å²) in [6, 6.07) is 13.7. The van der Waals surface area contributed by atoms with Gasteiger partial charge >= 0.3 is 0 Å². The second-order valence-electron chi connectivity index (χ2n) is 5.03. The smallest absolute Gasteiger partial charge is 0.195 e. The van der Waals surface area contributed by atoms with E-state index < -0.39 is 0 Å². The number of nitrogens with zero attached hydrogens (tertiary/aromatic N) is 2. The van der Waals surface area contributed by atoms with Crippen LogP contribution in [0.5, 0.6) is 0 Å². The molecule has 0 spiro atoms. The van der Waals surface area contributed by atoms with Crippen LogP contribution in [0.2, 0.25) is 0 Å². The number of para-hydroxylation sites is 1. The summed E-state index contributed by atoms with van der Waals surface area (Å²) in [5.74, 6) is 0.0575. The van der Waals surface area contributed by atoms with E-state index in [1.807, 2.05) is 60.3 Å². The van der Waals surface area contributed by atoms with Gasteiger partial charge in [-0.1, -0.05) is 18.2 Å². The van der Waals surface area contributed by atoms with Crippen molar-refractivity contribution in [2.75, 3.05) is 0 Å². The Morgan fingerprint density at radius 3 is 2.95 bits per heavy atom. The minimum absolute atomic E-state index is 0.0575. The Morgan fingerprint density at radius 2 is 2.05 bits per heavy atom. The molecule has 2 aromatic heterocycles. The molecule has 21 heavy (non-hydrogen) atoms. The molecule has 2 aromatic carbocycles. The van der Waals surface area contributed by atoms with Crippen molar-refractivity contribution < 1.29 is 4.79 Å². The molecule has 0 aliphatic carbocycles. The van der Waals surface area contributed by atoms with Crippen molar-refractivity contribution in [1.29, 1.82) is 0 Å². The van der Waals surface area contributed by atoms with Crippen LogP contribution in [0.15, 0.2) is 54.2 Å². The minimum Gasteiger partial charge on any atom is -0.350 e. The molecule has 0 radical (unpaired) electrons. The average Bonchev–Trinajstić information content (AvgIpc) is 3.11. The minimum atomic E-state index is 0.0575. The predicted molar refractivity (Wildman–Crippen MR) is 86.0 cm³/mol. The fourth-order valence-electron chi connectivity index (χ4n) is 2.67. The second-order valence-corrected chi connectivity index (χ2v) is 5.92. The average molecular weight is 292 g/mol. The number of benzene rings is 2. The van der Waals surface area contributed by atoms with Crippen molar-refractivity contribution >= 4 is 38.2 Å². The van der Waals surface area contributed by atoms with Gasteiger partial charge in [-0.3, -0.25) is 4.79 Å². The zero-order valence-electron chi connectivity index (χ0n) is 11.4. The van der Waals surface area contributed by atoms with E-state index in [0.29, 0.717) is 5.56 Å².